The van der Waals surface area contributed by atoms with Gasteiger partial charge in [0.2, 0.25) is 0 Å². The number of carbonyl (C=O) groups excluding carboxylic acids is 1. The van der Waals surface area contributed by atoms with Gasteiger partial charge in [-0.25, -0.2) is 13.2 Å². The quantitative estimate of drug-likeness (QED) is 0.803. The Labute approximate surface area is 106 Å². The third-order valence-corrected chi connectivity index (χ3v) is 3.06. The standard InChI is InChI=1S/C12H16O5S/c1-3-17-12(14)11(13)10-6-4-5-9(7-10)8-18(2,15)16/h4-7,11,13H,3,8H2,1-2H3. The summed E-state index contributed by atoms with van der Waals surface area (Å²) in [5.74, 6) is -0.870. The van der Waals surface area contributed by atoms with E-state index in [2.05, 4.69) is 0 Å². The van der Waals surface area contributed by atoms with E-state index in [1.807, 2.05) is 0 Å². The van der Waals surface area contributed by atoms with E-state index in [0.29, 0.717) is 11.1 Å². The Balaban J connectivity index is 2.91. The molecule has 0 aromatic heterocycles. The molecule has 1 N–H and O–H groups in total. The van der Waals surface area contributed by atoms with Crippen molar-refractivity contribution in [1.82, 2.24) is 0 Å². The Morgan fingerprint density at radius 2 is 2.11 bits per heavy atom. The van der Waals surface area contributed by atoms with Gasteiger partial charge in [-0.15, -0.1) is 0 Å². The smallest absolute Gasteiger partial charge is 0.339 e. The van der Waals surface area contributed by atoms with Crippen LogP contribution in [0.5, 0.6) is 0 Å². The number of hydrogen-bond donors (Lipinski definition) is 1. The lowest BCUT2D eigenvalue weighted by Gasteiger charge is -2.11. The van der Waals surface area contributed by atoms with Crippen molar-refractivity contribution >= 4 is 15.8 Å². The molecule has 0 spiro atoms. The van der Waals surface area contributed by atoms with Crippen LogP contribution in [0.15, 0.2) is 24.3 Å². The summed E-state index contributed by atoms with van der Waals surface area (Å²) in [6.07, 6.45) is -0.258. The predicted octanol–water partition coefficient (Wildman–Crippen LogP) is 0.828. The average Bonchev–Trinajstić information content (AvgIpc) is 2.26. The zero-order valence-corrected chi connectivity index (χ0v) is 11.1. The number of ether oxygens (including phenoxy) is 1. The number of aliphatic hydroxyl groups is 1. The van der Waals surface area contributed by atoms with Gasteiger partial charge in [0.15, 0.2) is 15.9 Å². The first kappa shape index (κ1) is 14.7. The molecule has 18 heavy (non-hydrogen) atoms. The molecule has 0 bridgehead atoms. The highest BCUT2D eigenvalue weighted by Crippen LogP contribution is 2.17. The summed E-state index contributed by atoms with van der Waals surface area (Å²) < 4.78 is 27.0. The van der Waals surface area contributed by atoms with Crippen LogP contribution in [0.3, 0.4) is 0 Å². The molecule has 0 aliphatic heterocycles. The first-order chi connectivity index (χ1) is 8.33. The number of hydrogen-bond acceptors (Lipinski definition) is 5. The Hall–Kier alpha value is -1.40. The summed E-state index contributed by atoms with van der Waals surface area (Å²) in [5, 5.41) is 9.72. The molecular formula is C12H16O5S. The van der Waals surface area contributed by atoms with Crippen LogP contribution in [0.4, 0.5) is 0 Å². The third-order valence-electron chi connectivity index (χ3n) is 2.21. The normalized spacial score (nSPS) is 13.1. The highest BCUT2D eigenvalue weighted by molar-refractivity contribution is 7.89. The zero-order chi connectivity index (χ0) is 13.8. The number of carbonyl (C=O) groups is 1. The van der Waals surface area contributed by atoms with Crippen LogP contribution in [0.25, 0.3) is 0 Å². The first-order valence-electron chi connectivity index (χ1n) is 5.44. The van der Waals surface area contributed by atoms with Crippen LogP contribution >= 0.6 is 0 Å². The second-order valence-electron chi connectivity index (χ2n) is 3.97. The van der Waals surface area contributed by atoms with Gasteiger partial charge in [-0.05, 0) is 18.1 Å². The zero-order valence-electron chi connectivity index (χ0n) is 10.3. The van der Waals surface area contributed by atoms with Crippen molar-refractivity contribution in [2.24, 2.45) is 0 Å². The molecule has 1 rings (SSSR count). The van der Waals surface area contributed by atoms with Gasteiger partial charge < -0.3 is 9.84 Å². The Kier molecular flexibility index (Phi) is 4.86. The monoisotopic (exact) mass is 272 g/mol. The number of aliphatic hydroxyl groups excluding tert-OH is 1. The lowest BCUT2D eigenvalue weighted by Crippen LogP contribution is -2.15. The van der Waals surface area contributed by atoms with Gasteiger partial charge in [0.05, 0.1) is 12.4 Å². The molecular weight excluding hydrogens is 256 g/mol. The van der Waals surface area contributed by atoms with E-state index >= 15 is 0 Å². The van der Waals surface area contributed by atoms with Crippen molar-refractivity contribution in [2.75, 3.05) is 12.9 Å². The van der Waals surface area contributed by atoms with Crippen molar-refractivity contribution in [3.05, 3.63) is 35.4 Å². The van der Waals surface area contributed by atoms with Crippen molar-refractivity contribution in [3.63, 3.8) is 0 Å². The molecule has 0 aliphatic carbocycles. The van der Waals surface area contributed by atoms with Crippen molar-refractivity contribution in [2.45, 2.75) is 18.8 Å². The van der Waals surface area contributed by atoms with Gasteiger partial charge in [-0.1, -0.05) is 24.3 Å². The van der Waals surface area contributed by atoms with E-state index in [4.69, 9.17) is 4.74 Å². The van der Waals surface area contributed by atoms with Gasteiger partial charge >= 0.3 is 5.97 Å². The molecule has 0 saturated heterocycles. The van der Waals surface area contributed by atoms with Gasteiger partial charge in [0.25, 0.3) is 0 Å². The fourth-order valence-electron chi connectivity index (χ4n) is 1.51. The van der Waals surface area contributed by atoms with E-state index in [9.17, 15) is 18.3 Å². The van der Waals surface area contributed by atoms with Crippen molar-refractivity contribution < 1.29 is 23.1 Å². The maximum atomic E-state index is 11.3. The number of esters is 1. The minimum absolute atomic E-state index is 0.129. The molecule has 6 heteroatoms. The summed E-state index contributed by atoms with van der Waals surface area (Å²) in [6, 6.07) is 6.26. The minimum atomic E-state index is -3.15. The van der Waals surface area contributed by atoms with Crippen molar-refractivity contribution in [1.29, 1.82) is 0 Å². The van der Waals surface area contributed by atoms with Crippen LogP contribution in [0.2, 0.25) is 0 Å². The van der Waals surface area contributed by atoms with E-state index in [-0.39, 0.29) is 12.4 Å². The summed E-state index contributed by atoms with van der Waals surface area (Å²) in [4.78, 5) is 11.3. The van der Waals surface area contributed by atoms with Gasteiger partial charge in [0.1, 0.15) is 0 Å². The van der Waals surface area contributed by atoms with Crippen LogP contribution in [0.1, 0.15) is 24.2 Å². The molecule has 1 unspecified atom stereocenters. The topological polar surface area (TPSA) is 80.7 Å². The second kappa shape index (κ2) is 5.97. The largest absolute Gasteiger partial charge is 0.464 e. The lowest BCUT2D eigenvalue weighted by molar-refractivity contribution is -0.153. The number of rotatable bonds is 5. The molecule has 1 aromatic carbocycles. The van der Waals surface area contributed by atoms with Crippen LogP contribution in [-0.2, 0) is 25.1 Å². The maximum Gasteiger partial charge on any atom is 0.339 e. The Morgan fingerprint density at radius 3 is 2.67 bits per heavy atom. The molecule has 0 radical (unpaired) electrons. The molecule has 100 valence electrons. The minimum Gasteiger partial charge on any atom is -0.464 e. The fourth-order valence-corrected chi connectivity index (χ4v) is 2.30. The number of sulfone groups is 1. The summed E-state index contributed by atoms with van der Waals surface area (Å²) in [5.41, 5.74) is 0.855. The van der Waals surface area contributed by atoms with Gasteiger partial charge in [-0.3, -0.25) is 0 Å². The summed E-state index contributed by atoms with van der Waals surface area (Å²) in [7, 11) is -3.15. The molecule has 0 fully saturated rings. The van der Waals surface area contributed by atoms with E-state index in [1.165, 1.54) is 6.07 Å². The van der Waals surface area contributed by atoms with Gasteiger partial charge in [-0.2, -0.15) is 0 Å². The molecule has 1 atom stereocenters. The van der Waals surface area contributed by atoms with E-state index < -0.39 is 21.9 Å². The van der Waals surface area contributed by atoms with Crippen LogP contribution < -0.4 is 0 Å². The van der Waals surface area contributed by atoms with E-state index in [1.54, 1.807) is 25.1 Å². The van der Waals surface area contributed by atoms with Crippen LogP contribution in [-0.4, -0.2) is 32.4 Å². The summed E-state index contributed by atoms with van der Waals surface area (Å²) in [6.45, 7) is 1.82. The molecule has 0 amide bonds. The number of benzene rings is 1. The predicted molar refractivity (Wildman–Crippen MR) is 66.6 cm³/mol. The molecule has 0 heterocycles. The highest BCUT2D eigenvalue weighted by Gasteiger charge is 2.19. The Bertz CT molecular complexity index is 521. The van der Waals surface area contributed by atoms with E-state index in [0.717, 1.165) is 6.26 Å². The van der Waals surface area contributed by atoms with Crippen molar-refractivity contribution in [3.8, 4) is 0 Å². The van der Waals surface area contributed by atoms with Gasteiger partial charge in [0, 0.05) is 6.26 Å². The second-order valence-corrected chi connectivity index (χ2v) is 6.11. The maximum absolute atomic E-state index is 11.3. The third kappa shape index (κ3) is 4.46. The molecule has 1 aromatic rings. The Morgan fingerprint density at radius 1 is 1.44 bits per heavy atom. The fraction of sp³-hybridized carbons (Fsp3) is 0.417. The molecule has 5 nitrogen and oxygen atoms in total. The lowest BCUT2D eigenvalue weighted by atomic mass is 10.1. The van der Waals surface area contributed by atoms with Crippen LogP contribution in [0, 0.1) is 0 Å². The summed E-state index contributed by atoms with van der Waals surface area (Å²) >= 11 is 0. The molecule has 0 aliphatic rings. The molecule has 0 saturated carbocycles. The highest BCUT2D eigenvalue weighted by atomic mass is 32.2. The first-order valence-corrected chi connectivity index (χ1v) is 7.51. The average molecular weight is 272 g/mol. The SMILES string of the molecule is CCOC(=O)C(O)c1cccc(CS(C)(=O)=O)c1.